The van der Waals surface area contributed by atoms with E-state index in [9.17, 15) is 9.59 Å². The Morgan fingerprint density at radius 3 is 2.18 bits per heavy atom. The van der Waals surface area contributed by atoms with Gasteiger partial charge in [0.1, 0.15) is 11.4 Å². The summed E-state index contributed by atoms with van der Waals surface area (Å²) in [5, 5.41) is 5.49. The monoisotopic (exact) mass is 456 g/mol. The van der Waals surface area contributed by atoms with E-state index in [-0.39, 0.29) is 12.0 Å². The van der Waals surface area contributed by atoms with Gasteiger partial charge in [0.05, 0.1) is 26.0 Å². The number of benzene rings is 2. The number of nitrogens with one attached hydrogen (secondary N) is 2. The first-order valence-electron chi connectivity index (χ1n) is 11.0. The number of hydrogen-bond donors (Lipinski definition) is 2. The van der Waals surface area contributed by atoms with Gasteiger partial charge in [-0.25, -0.2) is 4.79 Å². The third-order valence-electron chi connectivity index (χ3n) is 5.11. The fraction of sp³-hybridized carbons (Fsp3) is 0.440. The Labute approximate surface area is 194 Å². The third-order valence-corrected chi connectivity index (χ3v) is 5.11. The van der Waals surface area contributed by atoms with Crippen molar-refractivity contribution in [3.63, 3.8) is 0 Å². The number of rotatable bonds is 7. The summed E-state index contributed by atoms with van der Waals surface area (Å²) >= 11 is 0. The Bertz CT molecular complexity index is 993. The third kappa shape index (κ3) is 6.78. The van der Waals surface area contributed by atoms with Crippen LogP contribution >= 0.6 is 0 Å². The van der Waals surface area contributed by atoms with Crippen molar-refractivity contribution in [2.75, 3.05) is 24.9 Å². The summed E-state index contributed by atoms with van der Waals surface area (Å²) in [4.78, 5) is 25.0. The molecule has 2 aromatic carbocycles. The van der Waals surface area contributed by atoms with Crippen molar-refractivity contribution < 1.29 is 28.5 Å². The molecule has 2 aromatic rings. The van der Waals surface area contributed by atoms with Crippen LogP contribution in [0.5, 0.6) is 17.2 Å². The van der Waals surface area contributed by atoms with Crippen LogP contribution in [0.3, 0.4) is 0 Å². The van der Waals surface area contributed by atoms with Crippen LogP contribution in [0.1, 0.15) is 56.8 Å². The summed E-state index contributed by atoms with van der Waals surface area (Å²) in [5.41, 5.74) is 0.637. The minimum Gasteiger partial charge on any atom is -0.495 e. The SMILES string of the molecule is COc1ccc(NC(=O)c2ccc(OC3CCCC3)c(OC)c2)cc1NC(=O)OC(C)(C)C. The highest BCUT2D eigenvalue weighted by Crippen LogP contribution is 2.33. The average molecular weight is 457 g/mol. The molecule has 1 aliphatic carbocycles. The highest BCUT2D eigenvalue weighted by atomic mass is 16.6. The summed E-state index contributed by atoms with van der Waals surface area (Å²) in [5.74, 6) is 1.26. The van der Waals surface area contributed by atoms with E-state index in [1.165, 1.54) is 20.0 Å². The van der Waals surface area contributed by atoms with E-state index in [4.69, 9.17) is 18.9 Å². The normalized spacial score (nSPS) is 13.8. The topological polar surface area (TPSA) is 95.1 Å². The maximum atomic E-state index is 12.9. The van der Waals surface area contributed by atoms with Gasteiger partial charge in [-0.1, -0.05) is 0 Å². The molecule has 0 atom stereocenters. The van der Waals surface area contributed by atoms with Crippen LogP contribution in [-0.4, -0.2) is 37.9 Å². The number of carbonyl (C=O) groups excluding carboxylic acids is 2. The highest BCUT2D eigenvalue weighted by molar-refractivity contribution is 6.05. The Kier molecular flexibility index (Phi) is 7.68. The van der Waals surface area contributed by atoms with Gasteiger partial charge in [-0.2, -0.15) is 0 Å². The van der Waals surface area contributed by atoms with Crippen LogP contribution in [0.4, 0.5) is 16.2 Å². The first-order chi connectivity index (χ1) is 15.7. The zero-order valence-corrected chi connectivity index (χ0v) is 19.8. The van der Waals surface area contributed by atoms with Crippen LogP contribution in [0, 0.1) is 0 Å². The van der Waals surface area contributed by atoms with Crippen LogP contribution in [-0.2, 0) is 4.74 Å². The average Bonchev–Trinajstić information content (AvgIpc) is 3.26. The second-order valence-electron chi connectivity index (χ2n) is 8.89. The van der Waals surface area contributed by atoms with Gasteiger partial charge in [-0.15, -0.1) is 0 Å². The Morgan fingerprint density at radius 2 is 1.55 bits per heavy atom. The fourth-order valence-electron chi connectivity index (χ4n) is 3.59. The molecular formula is C25H32N2O6. The molecule has 178 valence electrons. The van der Waals surface area contributed by atoms with E-state index in [0.29, 0.717) is 34.2 Å². The predicted octanol–water partition coefficient (Wildman–Crippen LogP) is 5.62. The van der Waals surface area contributed by atoms with Crippen LogP contribution in [0.15, 0.2) is 36.4 Å². The lowest BCUT2D eigenvalue weighted by Gasteiger charge is -2.20. The molecule has 8 nitrogen and oxygen atoms in total. The molecule has 1 fully saturated rings. The van der Waals surface area contributed by atoms with Gasteiger partial charge in [-0.3, -0.25) is 10.1 Å². The summed E-state index contributed by atoms with van der Waals surface area (Å²) in [6.07, 6.45) is 3.96. The lowest BCUT2D eigenvalue weighted by atomic mass is 10.1. The van der Waals surface area contributed by atoms with E-state index < -0.39 is 11.7 Å². The summed E-state index contributed by atoms with van der Waals surface area (Å²) in [6, 6.07) is 10.1. The van der Waals surface area contributed by atoms with E-state index in [1.54, 1.807) is 64.3 Å². The largest absolute Gasteiger partial charge is 0.495 e. The van der Waals surface area contributed by atoms with Crippen molar-refractivity contribution in [2.45, 2.75) is 58.2 Å². The Morgan fingerprint density at radius 1 is 0.879 bits per heavy atom. The molecule has 3 rings (SSSR count). The number of methoxy groups -OCH3 is 2. The highest BCUT2D eigenvalue weighted by Gasteiger charge is 2.20. The molecule has 1 aliphatic rings. The van der Waals surface area contributed by atoms with E-state index in [1.807, 2.05) is 0 Å². The molecule has 33 heavy (non-hydrogen) atoms. The quantitative estimate of drug-likeness (QED) is 0.561. The van der Waals surface area contributed by atoms with Gasteiger partial charge in [0.15, 0.2) is 11.5 Å². The molecule has 0 saturated heterocycles. The smallest absolute Gasteiger partial charge is 0.412 e. The van der Waals surface area contributed by atoms with E-state index >= 15 is 0 Å². The van der Waals surface area contributed by atoms with E-state index in [2.05, 4.69) is 10.6 Å². The standard InChI is InChI=1S/C25H32N2O6/c1-25(2,3)33-24(29)27-19-15-17(11-13-20(19)30-4)26-23(28)16-10-12-21(22(14-16)31-5)32-18-8-6-7-9-18/h10-15,18H,6-9H2,1-5H3,(H,26,28)(H,27,29). The van der Waals surface area contributed by atoms with Crippen LogP contribution in [0.2, 0.25) is 0 Å². The Balaban J connectivity index is 1.73. The molecule has 2 amide bonds. The van der Waals surface area contributed by atoms with Gasteiger partial charge in [0, 0.05) is 11.3 Å². The molecule has 0 spiro atoms. The molecule has 0 bridgehead atoms. The van der Waals surface area contributed by atoms with Gasteiger partial charge >= 0.3 is 6.09 Å². The number of ether oxygens (including phenoxy) is 4. The molecule has 0 aliphatic heterocycles. The first kappa shape index (κ1) is 24.2. The number of carbonyl (C=O) groups is 2. The van der Waals surface area contributed by atoms with Gasteiger partial charge < -0.3 is 24.3 Å². The van der Waals surface area contributed by atoms with Crippen molar-refractivity contribution in [2.24, 2.45) is 0 Å². The maximum Gasteiger partial charge on any atom is 0.412 e. The molecule has 2 N–H and O–H groups in total. The zero-order chi connectivity index (χ0) is 24.0. The van der Waals surface area contributed by atoms with Crippen molar-refractivity contribution in [3.05, 3.63) is 42.0 Å². The number of amides is 2. The molecule has 0 unspecified atom stereocenters. The van der Waals surface area contributed by atoms with Crippen LogP contribution in [0.25, 0.3) is 0 Å². The zero-order valence-electron chi connectivity index (χ0n) is 19.8. The van der Waals surface area contributed by atoms with Crippen molar-refractivity contribution in [3.8, 4) is 17.2 Å². The molecule has 8 heteroatoms. The minimum absolute atomic E-state index is 0.189. The number of anilines is 2. The summed E-state index contributed by atoms with van der Waals surface area (Å²) in [6.45, 7) is 5.33. The van der Waals surface area contributed by atoms with Crippen molar-refractivity contribution in [1.29, 1.82) is 0 Å². The fourth-order valence-corrected chi connectivity index (χ4v) is 3.59. The van der Waals surface area contributed by atoms with Gasteiger partial charge in [-0.05, 0) is 82.9 Å². The van der Waals surface area contributed by atoms with Crippen molar-refractivity contribution >= 4 is 23.4 Å². The molecule has 0 heterocycles. The van der Waals surface area contributed by atoms with Gasteiger partial charge in [0.2, 0.25) is 0 Å². The molecule has 0 radical (unpaired) electrons. The summed E-state index contributed by atoms with van der Waals surface area (Å²) < 4.78 is 22.1. The maximum absolute atomic E-state index is 12.9. The lowest BCUT2D eigenvalue weighted by molar-refractivity contribution is 0.0635. The second-order valence-corrected chi connectivity index (χ2v) is 8.89. The minimum atomic E-state index is -0.643. The first-order valence-corrected chi connectivity index (χ1v) is 11.0. The second kappa shape index (κ2) is 10.5. The predicted molar refractivity (Wildman–Crippen MR) is 127 cm³/mol. The lowest BCUT2D eigenvalue weighted by Crippen LogP contribution is -2.27. The van der Waals surface area contributed by atoms with Crippen molar-refractivity contribution in [1.82, 2.24) is 0 Å². The number of hydrogen-bond acceptors (Lipinski definition) is 6. The summed E-state index contributed by atoms with van der Waals surface area (Å²) in [7, 11) is 3.05. The van der Waals surface area contributed by atoms with Crippen LogP contribution < -0.4 is 24.8 Å². The van der Waals surface area contributed by atoms with Gasteiger partial charge in [0.25, 0.3) is 5.91 Å². The molecule has 1 saturated carbocycles. The molecular weight excluding hydrogens is 424 g/mol. The molecule has 0 aromatic heterocycles. The Hall–Kier alpha value is -3.42. The van der Waals surface area contributed by atoms with E-state index in [0.717, 1.165) is 12.8 Å².